The average Bonchev–Trinajstić information content (AvgIpc) is 2.30. The van der Waals surface area contributed by atoms with E-state index in [0.29, 0.717) is 31.5 Å². The van der Waals surface area contributed by atoms with E-state index < -0.39 is 0 Å². The van der Waals surface area contributed by atoms with Crippen LogP contribution in [0.15, 0.2) is 12.4 Å². The van der Waals surface area contributed by atoms with Crippen molar-refractivity contribution in [2.45, 2.75) is 0 Å². The summed E-state index contributed by atoms with van der Waals surface area (Å²) in [5.41, 5.74) is 0. The summed E-state index contributed by atoms with van der Waals surface area (Å²) in [6, 6.07) is 0. The molecule has 15 heavy (non-hydrogen) atoms. The number of aliphatic hydroxyl groups excluding tert-OH is 1. The SMILES string of the molecule is COc1cnc(NCCOCCO)nc1. The smallest absolute Gasteiger partial charge is 0.222 e. The maximum Gasteiger partial charge on any atom is 0.222 e. The van der Waals surface area contributed by atoms with Crippen LogP contribution in [0.2, 0.25) is 0 Å². The first-order chi connectivity index (χ1) is 7.36. The van der Waals surface area contributed by atoms with Gasteiger partial charge in [0.15, 0.2) is 5.75 Å². The molecule has 2 N–H and O–H groups in total. The first-order valence-corrected chi connectivity index (χ1v) is 4.65. The second kappa shape index (κ2) is 6.97. The van der Waals surface area contributed by atoms with Crippen molar-refractivity contribution in [3.63, 3.8) is 0 Å². The molecule has 0 amide bonds. The molecule has 0 unspecified atom stereocenters. The van der Waals surface area contributed by atoms with Gasteiger partial charge in [0.1, 0.15) is 0 Å². The number of rotatable bonds is 7. The second-order valence-corrected chi connectivity index (χ2v) is 2.71. The summed E-state index contributed by atoms with van der Waals surface area (Å²) in [4.78, 5) is 8.03. The third-order valence-electron chi connectivity index (χ3n) is 1.63. The van der Waals surface area contributed by atoms with Crippen molar-refractivity contribution in [1.82, 2.24) is 9.97 Å². The van der Waals surface area contributed by atoms with Crippen LogP contribution < -0.4 is 10.1 Å². The van der Waals surface area contributed by atoms with Crippen molar-refractivity contribution in [2.75, 3.05) is 38.8 Å². The number of aromatic nitrogens is 2. The monoisotopic (exact) mass is 213 g/mol. The third-order valence-corrected chi connectivity index (χ3v) is 1.63. The van der Waals surface area contributed by atoms with Gasteiger partial charge in [0.2, 0.25) is 5.95 Å². The van der Waals surface area contributed by atoms with Gasteiger partial charge in [0.05, 0.1) is 39.3 Å². The fraction of sp³-hybridized carbons (Fsp3) is 0.556. The molecular formula is C9H15N3O3. The van der Waals surface area contributed by atoms with Crippen molar-refractivity contribution >= 4 is 5.95 Å². The molecule has 1 aromatic heterocycles. The maximum atomic E-state index is 8.46. The molecule has 0 saturated heterocycles. The Morgan fingerprint density at radius 2 is 2.07 bits per heavy atom. The number of methoxy groups -OCH3 is 1. The lowest BCUT2D eigenvalue weighted by Gasteiger charge is -2.05. The standard InChI is InChI=1S/C9H15N3O3/c1-14-8-6-11-9(12-7-8)10-2-4-15-5-3-13/h6-7,13H,2-5H2,1H3,(H,10,11,12). The zero-order chi connectivity index (χ0) is 10.9. The van der Waals surface area contributed by atoms with E-state index in [2.05, 4.69) is 15.3 Å². The molecule has 0 aromatic carbocycles. The minimum atomic E-state index is 0.0407. The van der Waals surface area contributed by atoms with Gasteiger partial charge >= 0.3 is 0 Å². The van der Waals surface area contributed by atoms with Crippen LogP contribution in [0.1, 0.15) is 0 Å². The number of ether oxygens (including phenoxy) is 2. The van der Waals surface area contributed by atoms with E-state index in [1.54, 1.807) is 19.5 Å². The number of hydrogen-bond acceptors (Lipinski definition) is 6. The Morgan fingerprint density at radius 3 is 2.67 bits per heavy atom. The second-order valence-electron chi connectivity index (χ2n) is 2.71. The molecule has 1 rings (SSSR count). The van der Waals surface area contributed by atoms with E-state index in [0.717, 1.165) is 0 Å². The van der Waals surface area contributed by atoms with Crippen LogP contribution in [-0.4, -0.2) is 48.5 Å². The Morgan fingerprint density at radius 1 is 1.33 bits per heavy atom. The lowest BCUT2D eigenvalue weighted by atomic mass is 10.6. The van der Waals surface area contributed by atoms with Gasteiger partial charge in [-0.1, -0.05) is 0 Å². The molecule has 0 spiro atoms. The van der Waals surface area contributed by atoms with Gasteiger partial charge < -0.3 is 19.9 Å². The molecule has 0 aliphatic rings. The average molecular weight is 213 g/mol. The molecule has 0 aliphatic carbocycles. The van der Waals surface area contributed by atoms with Crippen molar-refractivity contribution in [3.8, 4) is 5.75 Å². The van der Waals surface area contributed by atoms with Crippen LogP contribution in [0.4, 0.5) is 5.95 Å². The van der Waals surface area contributed by atoms with Crippen LogP contribution in [0.3, 0.4) is 0 Å². The first kappa shape index (κ1) is 11.7. The summed E-state index contributed by atoms with van der Waals surface area (Å²) in [6.07, 6.45) is 3.17. The van der Waals surface area contributed by atoms with Crippen LogP contribution in [0.5, 0.6) is 5.75 Å². The minimum absolute atomic E-state index is 0.0407. The van der Waals surface area contributed by atoms with E-state index in [9.17, 15) is 0 Å². The molecule has 84 valence electrons. The number of hydrogen-bond donors (Lipinski definition) is 2. The normalized spacial score (nSPS) is 10.0. The third kappa shape index (κ3) is 4.57. The van der Waals surface area contributed by atoms with Gasteiger partial charge in [-0.05, 0) is 0 Å². The Kier molecular flexibility index (Phi) is 5.42. The largest absolute Gasteiger partial charge is 0.494 e. The van der Waals surface area contributed by atoms with Gasteiger partial charge in [-0.15, -0.1) is 0 Å². The summed E-state index contributed by atoms with van der Waals surface area (Å²) in [7, 11) is 1.56. The zero-order valence-electron chi connectivity index (χ0n) is 8.64. The quantitative estimate of drug-likeness (QED) is 0.616. The zero-order valence-corrected chi connectivity index (χ0v) is 8.64. The summed E-state index contributed by atoms with van der Waals surface area (Å²) >= 11 is 0. The van der Waals surface area contributed by atoms with E-state index >= 15 is 0 Å². The molecule has 0 fully saturated rings. The van der Waals surface area contributed by atoms with Crippen LogP contribution >= 0.6 is 0 Å². The molecule has 0 radical (unpaired) electrons. The van der Waals surface area contributed by atoms with E-state index in [1.165, 1.54) is 0 Å². The van der Waals surface area contributed by atoms with Crippen molar-refractivity contribution < 1.29 is 14.6 Å². The molecule has 0 atom stereocenters. The summed E-state index contributed by atoms with van der Waals surface area (Å²) in [6.45, 7) is 1.51. The Labute approximate surface area is 88.3 Å². The lowest BCUT2D eigenvalue weighted by molar-refractivity contribution is 0.0991. The highest BCUT2D eigenvalue weighted by Gasteiger charge is 1.95. The molecule has 6 nitrogen and oxygen atoms in total. The van der Waals surface area contributed by atoms with Crippen LogP contribution in [0, 0.1) is 0 Å². The number of nitrogens with one attached hydrogen (secondary N) is 1. The highest BCUT2D eigenvalue weighted by atomic mass is 16.5. The van der Waals surface area contributed by atoms with Crippen molar-refractivity contribution in [3.05, 3.63) is 12.4 Å². The lowest BCUT2D eigenvalue weighted by Crippen LogP contribution is -2.12. The molecule has 0 aliphatic heterocycles. The molecule has 0 bridgehead atoms. The van der Waals surface area contributed by atoms with E-state index in [1.807, 2.05) is 0 Å². The Bertz CT molecular complexity index is 266. The van der Waals surface area contributed by atoms with Crippen LogP contribution in [0.25, 0.3) is 0 Å². The summed E-state index contributed by atoms with van der Waals surface area (Å²) in [5.74, 6) is 1.15. The number of anilines is 1. The summed E-state index contributed by atoms with van der Waals surface area (Å²) < 4.78 is 9.98. The number of aliphatic hydroxyl groups is 1. The van der Waals surface area contributed by atoms with Gasteiger partial charge in [-0.25, -0.2) is 9.97 Å². The predicted molar refractivity (Wildman–Crippen MR) is 55.0 cm³/mol. The molecular weight excluding hydrogens is 198 g/mol. The fourth-order valence-corrected chi connectivity index (χ4v) is 0.915. The topological polar surface area (TPSA) is 76.5 Å². The van der Waals surface area contributed by atoms with Gasteiger partial charge in [-0.3, -0.25) is 0 Å². The molecule has 6 heteroatoms. The van der Waals surface area contributed by atoms with Gasteiger partial charge in [0, 0.05) is 6.54 Å². The van der Waals surface area contributed by atoms with E-state index in [-0.39, 0.29) is 6.61 Å². The molecule has 1 heterocycles. The highest BCUT2D eigenvalue weighted by Crippen LogP contribution is 2.06. The maximum absolute atomic E-state index is 8.46. The predicted octanol–water partition coefficient (Wildman–Crippen LogP) is -0.0940. The number of nitrogens with zero attached hydrogens (tertiary/aromatic N) is 2. The summed E-state index contributed by atoms with van der Waals surface area (Å²) in [5, 5.41) is 11.4. The van der Waals surface area contributed by atoms with Gasteiger partial charge in [0.25, 0.3) is 0 Å². The molecule has 1 aromatic rings. The first-order valence-electron chi connectivity index (χ1n) is 4.65. The van der Waals surface area contributed by atoms with Gasteiger partial charge in [-0.2, -0.15) is 0 Å². The van der Waals surface area contributed by atoms with Crippen molar-refractivity contribution in [1.29, 1.82) is 0 Å². The van der Waals surface area contributed by atoms with Crippen molar-refractivity contribution in [2.24, 2.45) is 0 Å². The van der Waals surface area contributed by atoms with E-state index in [4.69, 9.17) is 14.6 Å². The molecule has 0 saturated carbocycles. The fourth-order valence-electron chi connectivity index (χ4n) is 0.915. The van der Waals surface area contributed by atoms with Crippen LogP contribution in [-0.2, 0) is 4.74 Å². The Hall–Kier alpha value is -1.40. The highest BCUT2D eigenvalue weighted by molar-refractivity contribution is 5.26. The minimum Gasteiger partial charge on any atom is -0.494 e. The Balaban J connectivity index is 2.20.